The van der Waals surface area contributed by atoms with Crippen LogP contribution in [0.1, 0.15) is 18.7 Å². The smallest absolute Gasteiger partial charge is 0.233 e. The van der Waals surface area contributed by atoms with Crippen LogP contribution in [0, 0.1) is 12.8 Å². The summed E-state index contributed by atoms with van der Waals surface area (Å²) in [6.07, 6.45) is 3.57. The summed E-state index contributed by atoms with van der Waals surface area (Å²) in [6.45, 7) is 3.44. The summed E-state index contributed by atoms with van der Waals surface area (Å²) in [4.78, 5) is 29.3. The minimum absolute atomic E-state index is 0.0379. The molecular weight excluding hydrogens is 280 g/mol. The normalized spacial score (nSPS) is 18.0. The molecule has 3 rings (SSSR count). The summed E-state index contributed by atoms with van der Waals surface area (Å²) in [5.74, 6) is 1.20. The molecule has 1 aliphatic rings. The first-order valence-corrected chi connectivity index (χ1v) is 7.38. The summed E-state index contributed by atoms with van der Waals surface area (Å²) in [5, 5.41) is 6.02. The fourth-order valence-corrected chi connectivity index (χ4v) is 2.44. The number of carbonyl (C=O) groups excluding carboxylic acids is 1. The first-order valence-electron chi connectivity index (χ1n) is 7.38. The zero-order valence-corrected chi connectivity index (χ0v) is 12.4. The highest BCUT2D eigenvalue weighted by molar-refractivity contribution is 5.91. The number of hydrogen-bond acceptors (Lipinski definition) is 6. The van der Waals surface area contributed by atoms with E-state index in [1.165, 1.54) is 0 Å². The van der Waals surface area contributed by atoms with Gasteiger partial charge in [-0.3, -0.25) is 15.1 Å². The van der Waals surface area contributed by atoms with Gasteiger partial charge in [0.1, 0.15) is 11.5 Å². The highest BCUT2D eigenvalue weighted by Crippen LogP contribution is 2.15. The molecule has 1 aliphatic heterocycles. The molecule has 22 heavy (non-hydrogen) atoms. The molecule has 7 heteroatoms. The van der Waals surface area contributed by atoms with Crippen molar-refractivity contribution in [2.24, 2.45) is 5.92 Å². The van der Waals surface area contributed by atoms with Crippen molar-refractivity contribution in [3.63, 3.8) is 0 Å². The fraction of sp³-hybridized carbons (Fsp3) is 0.400. The van der Waals surface area contributed by atoms with E-state index in [1.807, 2.05) is 18.2 Å². The van der Waals surface area contributed by atoms with Crippen molar-refractivity contribution in [2.45, 2.75) is 19.8 Å². The monoisotopic (exact) mass is 298 g/mol. The van der Waals surface area contributed by atoms with E-state index in [1.54, 1.807) is 13.1 Å². The molecule has 2 N–H and O–H groups in total. The molecule has 0 radical (unpaired) electrons. The largest absolute Gasteiger partial charge is 0.316 e. The highest BCUT2D eigenvalue weighted by Gasteiger charge is 2.22. The third kappa shape index (κ3) is 3.43. The van der Waals surface area contributed by atoms with Crippen LogP contribution in [-0.2, 0) is 4.79 Å². The molecule has 0 aliphatic carbocycles. The van der Waals surface area contributed by atoms with Crippen molar-refractivity contribution >= 4 is 11.9 Å². The van der Waals surface area contributed by atoms with Crippen molar-refractivity contribution in [2.75, 3.05) is 18.4 Å². The molecule has 0 aromatic carbocycles. The first-order chi connectivity index (χ1) is 10.7. The van der Waals surface area contributed by atoms with Crippen LogP contribution in [0.15, 0.2) is 24.4 Å². The van der Waals surface area contributed by atoms with E-state index in [4.69, 9.17) is 0 Å². The summed E-state index contributed by atoms with van der Waals surface area (Å²) in [5.41, 5.74) is 0.655. The summed E-state index contributed by atoms with van der Waals surface area (Å²) < 4.78 is 0. The average molecular weight is 298 g/mol. The van der Waals surface area contributed by atoms with Gasteiger partial charge in [0.05, 0.1) is 5.92 Å². The molecule has 1 unspecified atom stereocenters. The van der Waals surface area contributed by atoms with Gasteiger partial charge >= 0.3 is 0 Å². The maximum absolute atomic E-state index is 12.3. The quantitative estimate of drug-likeness (QED) is 0.884. The molecule has 1 atom stereocenters. The van der Waals surface area contributed by atoms with E-state index in [-0.39, 0.29) is 17.8 Å². The third-order valence-corrected chi connectivity index (χ3v) is 3.54. The SMILES string of the molecule is Cc1nc(NC(=O)C2CCCNC2)nc(-c2ccccn2)n1. The number of carbonyl (C=O) groups is 1. The van der Waals surface area contributed by atoms with E-state index in [0.717, 1.165) is 19.4 Å². The van der Waals surface area contributed by atoms with Crippen LogP contribution in [0.5, 0.6) is 0 Å². The van der Waals surface area contributed by atoms with Gasteiger partial charge in [-0.25, -0.2) is 4.98 Å². The second-order valence-corrected chi connectivity index (χ2v) is 5.28. The van der Waals surface area contributed by atoms with Gasteiger partial charge in [-0.2, -0.15) is 9.97 Å². The van der Waals surface area contributed by atoms with Crippen LogP contribution in [0.25, 0.3) is 11.5 Å². The van der Waals surface area contributed by atoms with E-state index >= 15 is 0 Å². The fourth-order valence-electron chi connectivity index (χ4n) is 2.44. The van der Waals surface area contributed by atoms with Crippen molar-refractivity contribution in [1.29, 1.82) is 0 Å². The average Bonchev–Trinajstić information content (AvgIpc) is 2.56. The number of pyridine rings is 1. The summed E-state index contributed by atoms with van der Waals surface area (Å²) in [7, 11) is 0. The second kappa shape index (κ2) is 6.57. The maximum atomic E-state index is 12.3. The topological polar surface area (TPSA) is 92.7 Å². The van der Waals surface area contributed by atoms with Gasteiger partial charge in [0.25, 0.3) is 0 Å². The number of aryl methyl sites for hydroxylation is 1. The van der Waals surface area contributed by atoms with Crippen LogP contribution < -0.4 is 10.6 Å². The van der Waals surface area contributed by atoms with Crippen molar-refractivity contribution in [1.82, 2.24) is 25.3 Å². The number of rotatable bonds is 3. The minimum Gasteiger partial charge on any atom is -0.316 e. The van der Waals surface area contributed by atoms with Crippen molar-refractivity contribution in [3.05, 3.63) is 30.2 Å². The van der Waals surface area contributed by atoms with Crippen molar-refractivity contribution < 1.29 is 4.79 Å². The zero-order valence-electron chi connectivity index (χ0n) is 12.4. The van der Waals surface area contributed by atoms with E-state index < -0.39 is 0 Å². The van der Waals surface area contributed by atoms with Crippen molar-refractivity contribution in [3.8, 4) is 11.5 Å². The van der Waals surface area contributed by atoms with Crippen LogP contribution in [0.4, 0.5) is 5.95 Å². The standard InChI is InChI=1S/C15H18N6O/c1-10-18-13(12-6-2-3-8-17-12)20-15(19-10)21-14(22)11-5-4-7-16-9-11/h2-3,6,8,11,16H,4-5,7,9H2,1H3,(H,18,19,20,21,22). The van der Waals surface area contributed by atoms with Gasteiger partial charge in [-0.05, 0) is 38.4 Å². The molecule has 0 bridgehead atoms. The van der Waals surface area contributed by atoms with Gasteiger partial charge in [0.2, 0.25) is 11.9 Å². The maximum Gasteiger partial charge on any atom is 0.233 e. The molecule has 7 nitrogen and oxygen atoms in total. The number of piperidine rings is 1. The Morgan fingerprint density at radius 2 is 2.23 bits per heavy atom. The molecule has 114 valence electrons. The minimum atomic E-state index is -0.0511. The Hall–Kier alpha value is -2.41. The highest BCUT2D eigenvalue weighted by atomic mass is 16.2. The molecule has 0 spiro atoms. The zero-order chi connectivity index (χ0) is 15.4. The Kier molecular flexibility index (Phi) is 4.34. The van der Waals surface area contributed by atoms with Crippen LogP contribution in [0.2, 0.25) is 0 Å². The predicted molar refractivity (Wildman–Crippen MR) is 82.0 cm³/mol. The van der Waals surface area contributed by atoms with Gasteiger partial charge < -0.3 is 5.32 Å². The number of nitrogens with zero attached hydrogens (tertiary/aromatic N) is 4. The van der Waals surface area contributed by atoms with E-state index in [9.17, 15) is 4.79 Å². The molecule has 0 saturated carbocycles. The summed E-state index contributed by atoms with van der Waals surface area (Å²) in [6, 6.07) is 5.52. The number of aromatic nitrogens is 4. The predicted octanol–water partition coefficient (Wildman–Crippen LogP) is 1.18. The molecule has 3 heterocycles. The number of hydrogen-bond donors (Lipinski definition) is 2. The molecule has 1 fully saturated rings. The molecule has 1 amide bonds. The number of anilines is 1. The van der Waals surface area contributed by atoms with Crippen LogP contribution in [-0.4, -0.2) is 38.9 Å². The first kappa shape index (κ1) is 14.5. The Morgan fingerprint density at radius 3 is 2.95 bits per heavy atom. The van der Waals surface area contributed by atoms with Gasteiger partial charge in [-0.15, -0.1) is 0 Å². The van der Waals surface area contributed by atoms with E-state index in [2.05, 4.69) is 30.6 Å². The lowest BCUT2D eigenvalue weighted by Crippen LogP contribution is -2.37. The molecule has 2 aromatic heterocycles. The van der Waals surface area contributed by atoms with Crippen LogP contribution in [0.3, 0.4) is 0 Å². The Morgan fingerprint density at radius 1 is 1.32 bits per heavy atom. The molecule has 2 aromatic rings. The summed E-state index contributed by atoms with van der Waals surface area (Å²) >= 11 is 0. The second-order valence-electron chi connectivity index (χ2n) is 5.28. The lowest BCUT2D eigenvalue weighted by molar-refractivity contribution is -0.120. The lowest BCUT2D eigenvalue weighted by Gasteiger charge is -2.21. The Bertz CT molecular complexity index is 654. The van der Waals surface area contributed by atoms with Gasteiger partial charge in [-0.1, -0.05) is 6.07 Å². The van der Waals surface area contributed by atoms with Gasteiger partial charge in [0.15, 0.2) is 5.82 Å². The van der Waals surface area contributed by atoms with Gasteiger partial charge in [0, 0.05) is 12.7 Å². The van der Waals surface area contributed by atoms with Crippen LogP contribution >= 0.6 is 0 Å². The third-order valence-electron chi connectivity index (χ3n) is 3.54. The van der Waals surface area contributed by atoms with E-state index in [0.29, 0.717) is 23.9 Å². The molecular formula is C15H18N6O. The number of amides is 1. The molecule has 1 saturated heterocycles. The Labute approximate surface area is 128 Å². The number of nitrogens with one attached hydrogen (secondary N) is 2. The lowest BCUT2D eigenvalue weighted by atomic mass is 9.99. The Balaban J connectivity index is 1.79.